The Kier molecular flexibility index (Phi) is 9.56. The van der Waals surface area contributed by atoms with Crippen molar-refractivity contribution in [1.29, 1.82) is 0 Å². The summed E-state index contributed by atoms with van der Waals surface area (Å²) in [6.07, 6.45) is 4.22. The molecule has 0 spiro atoms. The third-order valence-corrected chi connectivity index (χ3v) is 3.48. The van der Waals surface area contributed by atoms with Gasteiger partial charge in [0.2, 0.25) is 5.91 Å². The molecule has 2 aromatic rings. The molecule has 0 aliphatic rings. The van der Waals surface area contributed by atoms with E-state index in [0.717, 1.165) is 17.1 Å². The van der Waals surface area contributed by atoms with Gasteiger partial charge >= 0.3 is 0 Å². The number of nitrogens with zero attached hydrogens (tertiary/aromatic N) is 2. The molecule has 2 rings (SSSR count). The molecule has 0 aliphatic carbocycles. The molecule has 1 aromatic carbocycles. The highest BCUT2D eigenvalue weighted by molar-refractivity contribution is 5.85. The van der Waals surface area contributed by atoms with Crippen LogP contribution in [0.5, 0.6) is 0 Å². The van der Waals surface area contributed by atoms with Crippen LogP contribution in [0.25, 0.3) is 5.69 Å². The number of hydrogen-bond donors (Lipinski definition) is 2. The lowest BCUT2D eigenvalue weighted by atomic mass is 10.1. The summed E-state index contributed by atoms with van der Waals surface area (Å²) >= 11 is 0. The van der Waals surface area contributed by atoms with Crippen LogP contribution in [0.2, 0.25) is 0 Å². The van der Waals surface area contributed by atoms with Crippen molar-refractivity contribution in [3.63, 3.8) is 0 Å². The molecule has 0 fully saturated rings. The Morgan fingerprint density at radius 1 is 1.26 bits per heavy atom. The van der Waals surface area contributed by atoms with Crippen molar-refractivity contribution in [2.24, 2.45) is 0 Å². The number of aryl methyl sites for hydroxylation is 1. The van der Waals surface area contributed by atoms with E-state index in [9.17, 15) is 4.79 Å². The van der Waals surface area contributed by atoms with E-state index >= 15 is 0 Å². The highest BCUT2D eigenvalue weighted by atomic mass is 35.5. The standard InChI is InChI=1S/C16H22N4O.2ClH/c1-12(19-16(21)8-9-17-3)14-4-6-15(7-5-14)20-11-10-18-13(20)2;;/h4-7,10-12,17H,8-9H2,1-3H3,(H,19,21);2*1H. The first-order valence-corrected chi connectivity index (χ1v) is 7.16. The van der Waals surface area contributed by atoms with Gasteiger partial charge in [-0.15, -0.1) is 24.8 Å². The molecule has 2 N–H and O–H groups in total. The first-order valence-electron chi connectivity index (χ1n) is 7.16. The van der Waals surface area contributed by atoms with Crippen LogP contribution in [-0.2, 0) is 4.79 Å². The fourth-order valence-electron chi connectivity index (χ4n) is 2.21. The summed E-state index contributed by atoms with van der Waals surface area (Å²) in [5.41, 5.74) is 2.16. The number of benzene rings is 1. The van der Waals surface area contributed by atoms with Gasteiger partial charge in [-0.25, -0.2) is 4.98 Å². The van der Waals surface area contributed by atoms with Gasteiger partial charge in [0, 0.05) is 31.0 Å². The zero-order valence-electron chi connectivity index (χ0n) is 13.6. The topological polar surface area (TPSA) is 59.0 Å². The molecule has 0 saturated heterocycles. The summed E-state index contributed by atoms with van der Waals surface area (Å²) < 4.78 is 2.03. The van der Waals surface area contributed by atoms with Gasteiger partial charge < -0.3 is 15.2 Å². The summed E-state index contributed by atoms with van der Waals surface area (Å²) in [5, 5.41) is 5.97. The number of amides is 1. The van der Waals surface area contributed by atoms with Gasteiger partial charge in [-0.1, -0.05) is 12.1 Å². The second-order valence-corrected chi connectivity index (χ2v) is 5.08. The maximum Gasteiger partial charge on any atom is 0.221 e. The smallest absolute Gasteiger partial charge is 0.221 e. The number of carbonyl (C=O) groups is 1. The molecule has 128 valence electrons. The van der Waals surface area contributed by atoms with Crippen molar-refractivity contribution in [1.82, 2.24) is 20.2 Å². The van der Waals surface area contributed by atoms with Crippen molar-refractivity contribution in [3.05, 3.63) is 48.0 Å². The van der Waals surface area contributed by atoms with E-state index in [4.69, 9.17) is 0 Å². The van der Waals surface area contributed by atoms with E-state index in [1.807, 2.05) is 55.9 Å². The van der Waals surface area contributed by atoms with Crippen LogP contribution in [-0.4, -0.2) is 29.1 Å². The van der Waals surface area contributed by atoms with E-state index in [-0.39, 0.29) is 36.8 Å². The highest BCUT2D eigenvalue weighted by Gasteiger charge is 2.09. The van der Waals surface area contributed by atoms with E-state index in [1.165, 1.54) is 0 Å². The molecule has 23 heavy (non-hydrogen) atoms. The van der Waals surface area contributed by atoms with E-state index in [0.29, 0.717) is 13.0 Å². The van der Waals surface area contributed by atoms with Crippen molar-refractivity contribution < 1.29 is 4.79 Å². The van der Waals surface area contributed by atoms with Crippen molar-refractivity contribution in [2.45, 2.75) is 26.3 Å². The Bertz CT molecular complexity index is 598. The van der Waals surface area contributed by atoms with E-state index in [2.05, 4.69) is 15.6 Å². The number of imidazole rings is 1. The Balaban J connectivity index is 0.00000242. The molecular weight excluding hydrogens is 335 g/mol. The minimum atomic E-state index is 0. The van der Waals surface area contributed by atoms with Gasteiger partial charge in [0.15, 0.2) is 0 Å². The van der Waals surface area contributed by atoms with Gasteiger partial charge in [-0.05, 0) is 38.6 Å². The quantitative estimate of drug-likeness (QED) is 0.834. The number of rotatable bonds is 6. The molecule has 1 amide bonds. The largest absolute Gasteiger partial charge is 0.350 e. The molecule has 0 bridgehead atoms. The summed E-state index contributed by atoms with van der Waals surface area (Å²) in [6, 6.07) is 8.17. The zero-order chi connectivity index (χ0) is 15.2. The molecule has 5 nitrogen and oxygen atoms in total. The fourth-order valence-corrected chi connectivity index (χ4v) is 2.21. The number of halogens is 2. The Labute approximate surface area is 149 Å². The summed E-state index contributed by atoms with van der Waals surface area (Å²) in [7, 11) is 1.84. The summed E-state index contributed by atoms with van der Waals surface area (Å²) in [6.45, 7) is 4.66. The van der Waals surface area contributed by atoms with Gasteiger partial charge in [0.05, 0.1) is 6.04 Å². The van der Waals surface area contributed by atoms with Gasteiger partial charge in [0.25, 0.3) is 0 Å². The van der Waals surface area contributed by atoms with Crippen molar-refractivity contribution in [2.75, 3.05) is 13.6 Å². The average Bonchev–Trinajstić information content (AvgIpc) is 2.91. The average molecular weight is 359 g/mol. The predicted molar refractivity (Wildman–Crippen MR) is 97.9 cm³/mol. The second kappa shape index (κ2) is 10.3. The summed E-state index contributed by atoms with van der Waals surface area (Å²) in [4.78, 5) is 15.9. The lowest BCUT2D eigenvalue weighted by Gasteiger charge is -2.15. The number of carbonyl (C=O) groups excluding carboxylic acids is 1. The molecule has 1 atom stereocenters. The fraction of sp³-hybridized carbons (Fsp3) is 0.375. The van der Waals surface area contributed by atoms with Crippen LogP contribution in [0.1, 0.15) is 30.8 Å². The van der Waals surface area contributed by atoms with Gasteiger partial charge in [-0.2, -0.15) is 0 Å². The normalized spacial score (nSPS) is 11.1. The zero-order valence-corrected chi connectivity index (χ0v) is 15.2. The lowest BCUT2D eigenvalue weighted by molar-refractivity contribution is -0.121. The van der Waals surface area contributed by atoms with E-state index < -0.39 is 0 Å². The third kappa shape index (κ3) is 5.86. The number of nitrogens with one attached hydrogen (secondary N) is 2. The maximum absolute atomic E-state index is 11.7. The number of aromatic nitrogens is 2. The molecule has 7 heteroatoms. The lowest BCUT2D eigenvalue weighted by Crippen LogP contribution is -2.29. The molecular formula is C16H24Cl2N4O. The van der Waals surface area contributed by atoms with Gasteiger partial charge in [0.1, 0.15) is 5.82 Å². The molecule has 0 aliphatic heterocycles. The maximum atomic E-state index is 11.7. The highest BCUT2D eigenvalue weighted by Crippen LogP contribution is 2.16. The number of hydrogen-bond acceptors (Lipinski definition) is 3. The minimum absolute atomic E-state index is 0. The van der Waals surface area contributed by atoms with Crippen LogP contribution in [0.4, 0.5) is 0 Å². The minimum Gasteiger partial charge on any atom is -0.350 e. The third-order valence-electron chi connectivity index (χ3n) is 3.48. The molecule has 1 unspecified atom stereocenters. The van der Waals surface area contributed by atoms with Crippen LogP contribution >= 0.6 is 24.8 Å². The molecule has 1 aromatic heterocycles. The van der Waals surface area contributed by atoms with Crippen LogP contribution in [0.3, 0.4) is 0 Å². The van der Waals surface area contributed by atoms with Crippen LogP contribution in [0.15, 0.2) is 36.7 Å². The molecule has 1 heterocycles. The molecule has 0 saturated carbocycles. The van der Waals surface area contributed by atoms with Crippen molar-refractivity contribution >= 4 is 30.7 Å². The second-order valence-electron chi connectivity index (χ2n) is 5.08. The van der Waals surface area contributed by atoms with E-state index in [1.54, 1.807) is 6.20 Å². The SMILES string of the molecule is CNCCC(=O)NC(C)c1ccc(-n2ccnc2C)cc1.Cl.Cl. The predicted octanol–water partition coefficient (Wildman–Crippen LogP) is 2.81. The summed E-state index contributed by atoms with van der Waals surface area (Å²) in [5.74, 6) is 1.02. The van der Waals surface area contributed by atoms with Crippen LogP contribution in [0, 0.1) is 6.92 Å². The van der Waals surface area contributed by atoms with Crippen molar-refractivity contribution in [3.8, 4) is 5.69 Å². The monoisotopic (exact) mass is 358 g/mol. The first-order chi connectivity index (χ1) is 10.1. The van der Waals surface area contributed by atoms with Gasteiger partial charge in [-0.3, -0.25) is 4.79 Å². The Morgan fingerprint density at radius 3 is 2.43 bits per heavy atom. The Hall–Kier alpha value is -1.56. The molecule has 0 radical (unpaired) electrons. The van der Waals surface area contributed by atoms with Crippen LogP contribution < -0.4 is 10.6 Å². The Morgan fingerprint density at radius 2 is 1.91 bits per heavy atom. The first kappa shape index (κ1) is 21.4.